The molecular weight excluding hydrogens is 252 g/mol. The second-order valence-electron chi connectivity index (χ2n) is 5.34. The van der Waals surface area contributed by atoms with Crippen LogP contribution in [0.1, 0.15) is 31.9 Å². The maximum atomic E-state index is 5.41. The minimum Gasteiger partial charge on any atom is -0.493 e. The van der Waals surface area contributed by atoms with Gasteiger partial charge in [0.2, 0.25) is 0 Å². The summed E-state index contributed by atoms with van der Waals surface area (Å²) >= 11 is 0. The zero-order valence-corrected chi connectivity index (χ0v) is 13.0. The molecule has 2 rings (SSSR count). The summed E-state index contributed by atoms with van der Waals surface area (Å²) in [5, 5.41) is 3.36. The van der Waals surface area contributed by atoms with Crippen molar-refractivity contribution >= 4 is 0 Å². The second-order valence-corrected chi connectivity index (χ2v) is 5.34. The first-order valence-corrected chi connectivity index (χ1v) is 7.39. The molecule has 1 atom stereocenters. The second kappa shape index (κ2) is 6.95. The van der Waals surface area contributed by atoms with E-state index in [1.54, 1.807) is 14.2 Å². The van der Waals surface area contributed by atoms with E-state index in [0.717, 1.165) is 31.1 Å². The van der Waals surface area contributed by atoms with Gasteiger partial charge in [0, 0.05) is 25.2 Å². The molecule has 0 bridgehead atoms. The molecule has 20 heavy (non-hydrogen) atoms. The minimum absolute atomic E-state index is 0.391. The van der Waals surface area contributed by atoms with Crippen LogP contribution in [0.3, 0.4) is 0 Å². The van der Waals surface area contributed by atoms with Crippen molar-refractivity contribution in [3.8, 4) is 11.5 Å². The van der Waals surface area contributed by atoms with Crippen LogP contribution < -0.4 is 14.8 Å². The maximum Gasteiger partial charge on any atom is 0.161 e. The molecule has 0 spiro atoms. The molecule has 1 aromatic rings. The van der Waals surface area contributed by atoms with Crippen LogP contribution in [0.4, 0.5) is 0 Å². The van der Waals surface area contributed by atoms with Gasteiger partial charge in [-0.1, -0.05) is 13.0 Å². The zero-order valence-electron chi connectivity index (χ0n) is 13.0. The Morgan fingerprint density at radius 2 is 1.95 bits per heavy atom. The van der Waals surface area contributed by atoms with Gasteiger partial charge in [-0.3, -0.25) is 4.90 Å². The van der Waals surface area contributed by atoms with Gasteiger partial charge in [0.1, 0.15) is 0 Å². The van der Waals surface area contributed by atoms with E-state index >= 15 is 0 Å². The molecule has 1 aliphatic heterocycles. The Morgan fingerprint density at radius 1 is 1.25 bits per heavy atom. The van der Waals surface area contributed by atoms with Crippen LogP contribution in [-0.2, 0) is 0 Å². The number of hydrogen-bond acceptors (Lipinski definition) is 4. The summed E-state index contributed by atoms with van der Waals surface area (Å²) in [6.07, 6.45) is 1.17. The third kappa shape index (κ3) is 3.07. The Balaban J connectivity index is 2.19. The summed E-state index contributed by atoms with van der Waals surface area (Å²) < 4.78 is 10.7. The summed E-state index contributed by atoms with van der Waals surface area (Å²) in [5.41, 5.74) is 1.28. The molecule has 112 valence electrons. The van der Waals surface area contributed by atoms with Crippen molar-refractivity contribution in [2.75, 3.05) is 33.9 Å². The summed E-state index contributed by atoms with van der Waals surface area (Å²) in [6, 6.07) is 7.27. The molecule has 1 saturated heterocycles. The Kier molecular flexibility index (Phi) is 5.26. The molecule has 1 unspecified atom stereocenters. The van der Waals surface area contributed by atoms with E-state index in [2.05, 4.69) is 36.2 Å². The van der Waals surface area contributed by atoms with Gasteiger partial charge in [0.15, 0.2) is 11.5 Å². The van der Waals surface area contributed by atoms with Gasteiger partial charge in [0.25, 0.3) is 0 Å². The highest BCUT2D eigenvalue weighted by atomic mass is 16.5. The van der Waals surface area contributed by atoms with Crippen LogP contribution in [0.5, 0.6) is 11.5 Å². The van der Waals surface area contributed by atoms with Gasteiger partial charge < -0.3 is 14.8 Å². The van der Waals surface area contributed by atoms with E-state index in [-0.39, 0.29) is 0 Å². The van der Waals surface area contributed by atoms with Crippen molar-refractivity contribution in [3.05, 3.63) is 23.8 Å². The Labute approximate surface area is 122 Å². The lowest BCUT2D eigenvalue weighted by atomic mass is 10.0. The van der Waals surface area contributed by atoms with Gasteiger partial charge >= 0.3 is 0 Å². The minimum atomic E-state index is 0.391. The van der Waals surface area contributed by atoms with E-state index in [4.69, 9.17) is 9.47 Å². The summed E-state index contributed by atoms with van der Waals surface area (Å²) in [6.45, 7) is 7.83. The highest BCUT2D eigenvalue weighted by molar-refractivity contribution is 5.43. The fourth-order valence-electron chi connectivity index (χ4n) is 2.76. The quantitative estimate of drug-likeness (QED) is 0.830. The highest BCUT2D eigenvalue weighted by Gasteiger charge is 2.28. The van der Waals surface area contributed by atoms with Crippen molar-refractivity contribution in [1.29, 1.82) is 0 Å². The van der Waals surface area contributed by atoms with E-state index in [1.165, 1.54) is 12.0 Å². The van der Waals surface area contributed by atoms with E-state index in [1.807, 2.05) is 6.07 Å². The van der Waals surface area contributed by atoms with Gasteiger partial charge in [-0.15, -0.1) is 0 Å². The number of benzene rings is 1. The predicted molar refractivity (Wildman–Crippen MR) is 81.6 cm³/mol. The van der Waals surface area contributed by atoms with Crippen molar-refractivity contribution in [2.45, 2.75) is 32.4 Å². The van der Waals surface area contributed by atoms with Gasteiger partial charge in [-0.2, -0.15) is 0 Å². The van der Waals surface area contributed by atoms with Crippen LogP contribution in [0.15, 0.2) is 18.2 Å². The standard InChI is InChI=1S/C16H26N2O2/c1-5-8-18(14-10-17-11-14)12(2)13-6-7-15(19-3)16(9-13)20-4/h6-7,9,12,14,17H,5,8,10-11H2,1-4H3. The number of methoxy groups -OCH3 is 2. The molecule has 1 aliphatic rings. The summed E-state index contributed by atoms with van der Waals surface area (Å²) in [5.74, 6) is 1.59. The van der Waals surface area contributed by atoms with Crippen LogP contribution >= 0.6 is 0 Å². The predicted octanol–water partition coefficient (Wildman–Crippen LogP) is 2.45. The lowest BCUT2D eigenvalue weighted by Crippen LogP contribution is -2.57. The van der Waals surface area contributed by atoms with E-state index in [9.17, 15) is 0 Å². The first kappa shape index (κ1) is 15.1. The molecule has 1 heterocycles. The fraction of sp³-hybridized carbons (Fsp3) is 0.625. The fourth-order valence-corrected chi connectivity index (χ4v) is 2.76. The Hall–Kier alpha value is -1.26. The highest BCUT2D eigenvalue weighted by Crippen LogP contribution is 2.32. The number of nitrogens with one attached hydrogen (secondary N) is 1. The lowest BCUT2D eigenvalue weighted by Gasteiger charge is -2.42. The molecule has 4 nitrogen and oxygen atoms in total. The third-order valence-corrected chi connectivity index (χ3v) is 4.10. The van der Waals surface area contributed by atoms with Crippen molar-refractivity contribution in [1.82, 2.24) is 10.2 Å². The number of hydrogen-bond donors (Lipinski definition) is 1. The van der Waals surface area contributed by atoms with Crippen LogP contribution in [0.25, 0.3) is 0 Å². The van der Waals surface area contributed by atoms with Crippen molar-refractivity contribution in [3.63, 3.8) is 0 Å². The van der Waals surface area contributed by atoms with Gasteiger partial charge in [0.05, 0.1) is 14.2 Å². The zero-order chi connectivity index (χ0) is 14.5. The van der Waals surface area contributed by atoms with Crippen LogP contribution in [0.2, 0.25) is 0 Å². The van der Waals surface area contributed by atoms with Crippen molar-refractivity contribution < 1.29 is 9.47 Å². The molecule has 1 aromatic carbocycles. The number of ether oxygens (including phenoxy) is 2. The largest absolute Gasteiger partial charge is 0.493 e. The molecular formula is C16H26N2O2. The maximum absolute atomic E-state index is 5.41. The summed E-state index contributed by atoms with van der Waals surface area (Å²) in [4.78, 5) is 2.58. The first-order chi connectivity index (χ1) is 9.71. The van der Waals surface area contributed by atoms with Gasteiger partial charge in [-0.25, -0.2) is 0 Å². The Bertz CT molecular complexity index is 432. The van der Waals surface area contributed by atoms with Crippen molar-refractivity contribution in [2.24, 2.45) is 0 Å². The molecule has 0 saturated carbocycles. The first-order valence-electron chi connectivity index (χ1n) is 7.39. The molecule has 0 radical (unpaired) electrons. The van der Waals surface area contributed by atoms with E-state index < -0.39 is 0 Å². The molecule has 0 amide bonds. The van der Waals surface area contributed by atoms with Crippen LogP contribution in [0, 0.1) is 0 Å². The lowest BCUT2D eigenvalue weighted by molar-refractivity contribution is 0.103. The molecule has 0 aliphatic carbocycles. The van der Waals surface area contributed by atoms with Crippen LogP contribution in [-0.4, -0.2) is 44.8 Å². The van der Waals surface area contributed by atoms with E-state index in [0.29, 0.717) is 12.1 Å². The van der Waals surface area contributed by atoms with Gasteiger partial charge in [-0.05, 0) is 37.6 Å². The normalized spacial score (nSPS) is 16.9. The smallest absolute Gasteiger partial charge is 0.161 e. The number of rotatable bonds is 7. The Morgan fingerprint density at radius 3 is 2.45 bits per heavy atom. The number of nitrogens with zero attached hydrogens (tertiary/aromatic N) is 1. The average Bonchev–Trinajstić information content (AvgIpc) is 2.43. The SMILES string of the molecule is CCCN(C1CNC1)C(C)c1ccc(OC)c(OC)c1. The summed E-state index contributed by atoms with van der Waals surface area (Å²) in [7, 11) is 3.36. The molecule has 1 N–H and O–H groups in total. The molecule has 1 fully saturated rings. The monoisotopic (exact) mass is 278 g/mol. The average molecular weight is 278 g/mol. The topological polar surface area (TPSA) is 33.7 Å². The third-order valence-electron chi connectivity index (χ3n) is 4.10. The molecule has 4 heteroatoms. The molecule has 0 aromatic heterocycles.